The average Bonchev–Trinajstić information content (AvgIpc) is 2.99. The van der Waals surface area contributed by atoms with Crippen LogP contribution in [0.2, 0.25) is 0 Å². The predicted molar refractivity (Wildman–Crippen MR) is 165 cm³/mol. The van der Waals surface area contributed by atoms with Crippen molar-refractivity contribution in [1.82, 2.24) is 15.5 Å². The van der Waals surface area contributed by atoms with Crippen LogP contribution in [0.1, 0.15) is 67.6 Å². The molecule has 2 atom stereocenters. The number of carbonyl (C=O) groups excluding carboxylic acids is 2. The van der Waals surface area contributed by atoms with Gasteiger partial charge in [0.2, 0.25) is 5.91 Å². The van der Waals surface area contributed by atoms with Crippen LogP contribution >= 0.6 is 15.9 Å². The van der Waals surface area contributed by atoms with Gasteiger partial charge in [-0.15, -0.1) is 0 Å². The molecule has 4 rings (SSSR count). The third kappa shape index (κ3) is 9.28. The van der Waals surface area contributed by atoms with Crippen LogP contribution in [0.25, 0.3) is 0 Å². The van der Waals surface area contributed by atoms with Crippen molar-refractivity contribution in [3.8, 4) is 0 Å². The molecule has 43 heavy (non-hydrogen) atoms. The van der Waals surface area contributed by atoms with E-state index >= 15 is 0 Å². The van der Waals surface area contributed by atoms with E-state index in [1.54, 1.807) is 24.3 Å². The molecular weight excluding hydrogens is 623 g/mol. The number of alkyl halides is 3. The lowest BCUT2D eigenvalue weighted by atomic mass is 9.81. The minimum atomic E-state index is -5.13. The molecular formula is C32H41BrF3N5O2. The van der Waals surface area contributed by atoms with Crippen molar-refractivity contribution in [2.75, 3.05) is 26.2 Å². The molecule has 1 aliphatic heterocycles. The second-order valence-electron chi connectivity index (χ2n) is 11.8. The van der Waals surface area contributed by atoms with Gasteiger partial charge in [-0.2, -0.15) is 13.2 Å². The minimum absolute atomic E-state index is 0.0807. The molecule has 11 heteroatoms. The van der Waals surface area contributed by atoms with E-state index in [4.69, 9.17) is 11.1 Å². The molecule has 2 amide bonds. The highest BCUT2D eigenvalue weighted by Gasteiger charge is 2.48. The van der Waals surface area contributed by atoms with Gasteiger partial charge >= 0.3 is 12.1 Å². The lowest BCUT2D eigenvalue weighted by molar-refractivity contribution is -0.190. The summed E-state index contributed by atoms with van der Waals surface area (Å²) in [5, 5.41) is 13.9. The molecule has 0 radical (unpaired) electrons. The normalized spacial score (nSPS) is 18.0. The molecule has 2 aliphatic rings. The molecule has 0 aromatic heterocycles. The molecule has 234 valence electrons. The Hall–Kier alpha value is -2.92. The molecule has 1 saturated heterocycles. The van der Waals surface area contributed by atoms with Gasteiger partial charge in [0.25, 0.3) is 0 Å². The molecule has 1 saturated carbocycles. The fourth-order valence-corrected chi connectivity index (χ4v) is 6.79. The number of nitrogen functional groups attached to an aromatic ring is 1. The number of rotatable bonds is 11. The molecule has 2 aromatic rings. The fourth-order valence-electron chi connectivity index (χ4n) is 6.37. The number of hydrogen-bond donors (Lipinski definition) is 4. The Morgan fingerprint density at radius 3 is 2.33 bits per heavy atom. The SMILES string of the molecule is N=C(N)c1ccc(CC(CN(C(=O)C(F)(F)F)C(C(=O)NCC2CCNCC2)C2CCCCC2)c2cccc(Br)c2)cc1. The summed E-state index contributed by atoms with van der Waals surface area (Å²) in [7, 11) is 0. The first-order chi connectivity index (χ1) is 20.5. The molecule has 5 N–H and O–H groups in total. The van der Waals surface area contributed by atoms with Crippen LogP contribution < -0.4 is 16.4 Å². The molecule has 2 unspecified atom stereocenters. The lowest BCUT2D eigenvalue weighted by Crippen LogP contribution is -2.58. The lowest BCUT2D eigenvalue weighted by Gasteiger charge is -2.40. The summed E-state index contributed by atoms with van der Waals surface area (Å²) in [5.74, 6) is -3.20. The Bertz CT molecular complexity index is 1240. The van der Waals surface area contributed by atoms with Crippen LogP contribution in [0.15, 0.2) is 53.0 Å². The number of piperidine rings is 1. The van der Waals surface area contributed by atoms with Crippen LogP contribution in [-0.4, -0.2) is 60.9 Å². The number of amides is 2. The second kappa shape index (κ2) is 15.2. The number of nitrogens with one attached hydrogen (secondary N) is 3. The maximum atomic E-state index is 14.3. The Kier molecular flexibility index (Phi) is 11.7. The monoisotopic (exact) mass is 663 g/mol. The van der Waals surface area contributed by atoms with E-state index in [1.165, 1.54) is 0 Å². The number of hydrogen-bond acceptors (Lipinski definition) is 4. The van der Waals surface area contributed by atoms with Gasteiger partial charge in [0, 0.05) is 29.0 Å². The maximum absolute atomic E-state index is 14.3. The number of nitrogens with zero attached hydrogens (tertiary/aromatic N) is 1. The highest BCUT2D eigenvalue weighted by Crippen LogP contribution is 2.34. The van der Waals surface area contributed by atoms with Crippen molar-refractivity contribution in [3.05, 3.63) is 69.7 Å². The van der Waals surface area contributed by atoms with Crippen molar-refractivity contribution < 1.29 is 22.8 Å². The van der Waals surface area contributed by atoms with E-state index < -0.39 is 30.0 Å². The summed E-state index contributed by atoms with van der Waals surface area (Å²) in [6, 6.07) is 13.1. The third-order valence-electron chi connectivity index (χ3n) is 8.71. The molecule has 0 spiro atoms. The van der Waals surface area contributed by atoms with E-state index in [0.717, 1.165) is 65.7 Å². The Morgan fingerprint density at radius 2 is 1.72 bits per heavy atom. The number of halogens is 4. The van der Waals surface area contributed by atoms with Crippen molar-refractivity contribution in [2.45, 2.75) is 69.5 Å². The fraction of sp³-hybridized carbons (Fsp3) is 0.531. The highest BCUT2D eigenvalue weighted by molar-refractivity contribution is 9.10. The summed E-state index contributed by atoms with van der Waals surface area (Å²) < 4.78 is 43.5. The summed E-state index contributed by atoms with van der Waals surface area (Å²) in [5.41, 5.74) is 7.72. The van der Waals surface area contributed by atoms with E-state index in [0.29, 0.717) is 31.4 Å². The van der Waals surface area contributed by atoms with Gasteiger partial charge in [0.1, 0.15) is 11.9 Å². The maximum Gasteiger partial charge on any atom is 0.471 e. The van der Waals surface area contributed by atoms with E-state index in [2.05, 4.69) is 26.6 Å². The van der Waals surface area contributed by atoms with Crippen molar-refractivity contribution >= 4 is 33.6 Å². The third-order valence-corrected chi connectivity index (χ3v) is 9.21. The van der Waals surface area contributed by atoms with Gasteiger partial charge in [0.15, 0.2) is 0 Å². The molecule has 1 aliphatic carbocycles. The van der Waals surface area contributed by atoms with Gasteiger partial charge < -0.3 is 21.3 Å². The number of amidine groups is 1. The van der Waals surface area contributed by atoms with Crippen molar-refractivity contribution in [3.63, 3.8) is 0 Å². The van der Waals surface area contributed by atoms with E-state index in [9.17, 15) is 22.8 Å². The number of benzene rings is 2. The highest BCUT2D eigenvalue weighted by atomic mass is 79.9. The zero-order chi connectivity index (χ0) is 31.0. The predicted octanol–water partition coefficient (Wildman–Crippen LogP) is 5.52. The minimum Gasteiger partial charge on any atom is -0.384 e. The molecule has 0 bridgehead atoms. The average molecular weight is 665 g/mol. The zero-order valence-corrected chi connectivity index (χ0v) is 25.9. The van der Waals surface area contributed by atoms with Crippen molar-refractivity contribution in [2.24, 2.45) is 17.6 Å². The van der Waals surface area contributed by atoms with E-state index in [1.807, 2.05) is 24.3 Å². The first kappa shape index (κ1) is 33.0. The molecule has 1 heterocycles. The van der Waals surface area contributed by atoms with Crippen LogP contribution in [-0.2, 0) is 16.0 Å². The summed E-state index contributed by atoms with van der Waals surface area (Å²) in [6.07, 6.45) is 0.743. The molecule has 2 aromatic carbocycles. The first-order valence-electron chi connectivity index (χ1n) is 15.1. The van der Waals surface area contributed by atoms with Gasteiger partial charge in [-0.05, 0) is 80.3 Å². The van der Waals surface area contributed by atoms with Crippen LogP contribution in [0, 0.1) is 17.2 Å². The largest absolute Gasteiger partial charge is 0.471 e. The first-order valence-corrected chi connectivity index (χ1v) is 15.9. The second-order valence-corrected chi connectivity index (χ2v) is 12.7. The Morgan fingerprint density at radius 1 is 1.05 bits per heavy atom. The quantitative estimate of drug-likeness (QED) is 0.188. The number of carbonyl (C=O) groups is 2. The van der Waals surface area contributed by atoms with Gasteiger partial charge in [-0.25, -0.2) is 0 Å². The van der Waals surface area contributed by atoms with Crippen molar-refractivity contribution in [1.29, 1.82) is 5.41 Å². The topological polar surface area (TPSA) is 111 Å². The number of nitrogens with two attached hydrogens (primary N) is 1. The van der Waals surface area contributed by atoms with Gasteiger partial charge in [-0.1, -0.05) is 71.6 Å². The summed E-state index contributed by atoms with van der Waals surface area (Å²) >= 11 is 3.47. The Labute approximate surface area is 259 Å². The van der Waals surface area contributed by atoms with Crippen LogP contribution in [0.4, 0.5) is 13.2 Å². The summed E-state index contributed by atoms with van der Waals surface area (Å²) in [6.45, 7) is 1.79. The standard InChI is InChI=1S/C32H41BrF3N5O2/c33-27-8-4-7-25(18-27)26(17-21-9-11-24(12-10-21)29(37)38)20-41(31(43)32(34,35)36)28(23-5-2-1-3-6-23)30(42)40-19-22-13-15-39-16-14-22/h4,7-12,18,22-23,26,28,39H,1-3,5-6,13-17,19-20H2,(H3,37,38)(H,40,42). The van der Waals surface area contributed by atoms with Gasteiger partial charge in [-0.3, -0.25) is 15.0 Å². The zero-order valence-electron chi connectivity index (χ0n) is 24.3. The van der Waals surface area contributed by atoms with Gasteiger partial charge in [0.05, 0.1) is 0 Å². The van der Waals surface area contributed by atoms with Crippen LogP contribution in [0.3, 0.4) is 0 Å². The van der Waals surface area contributed by atoms with Crippen LogP contribution in [0.5, 0.6) is 0 Å². The summed E-state index contributed by atoms with van der Waals surface area (Å²) in [4.78, 5) is 27.9. The smallest absolute Gasteiger partial charge is 0.384 e. The molecule has 2 fully saturated rings. The van der Waals surface area contributed by atoms with E-state index in [-0.39, 0.29) is 24.2 Å². The molecule has 7 nitrogen and oxygen atoms in total. The Balaban J connectivity index is 1.69.